The van der Waals surface area contributed by atoms with Crippen molar-refractivity contribution in [2.75, 3.05) is 5.75 Å². The van der Waals surface area contributed by atoms with Crippen LogP contribution in [0.3, 0.4) is 0 Å². The smallest absolute Gasteiger partial charge is 0.0179 e. The first-order valence-corrected chi connectivity index (χ1v) is 6.69. The zero-order valence-electron chi connectivity index (χ0n) is 8.14. The summed E-state index contributed by atoms with van der Waals surface area (Å²) in [7, 11) is 4.02. The van der Waals surface area contributed by atoms with Gasteiger partial charge in [-0.25, -0.2) is 0 Å². The Kier molecular flexibility index (Phi) is 6.64. The number of rotatable bonds is 5. The molecule has 0 aromatic carbocycles. The second-order valence-corrected chi connectivity index (χ2v) is 6.97. The Morgan fingerprint density at radius 1 is 1.09 bits per heavy atom. The Labute approximate surface area is 79.3 Å². The van der Waals surface area contributed by atoms with Gasteiger partial charge in [-0.1, -0.05) is 62.1 Å². The van der Waals surface area contributed by atoms with Crippen LogP contribution in [0.4, 0.5) is 0 Å². The van der Waals surface area contributed by atoms with E-state index < -0.39 is 0 Å². The van der Waals surface area contributed by atoms with Crippen LogP contribution in [0.15, 0.2) is 0 Å². The van der Waals surface area contributed by atoms with Gasteiger partial charge in [-0.2, -0.15) is 0 Å². The Balaban J connectivity index is 3.02. The van der Waals surface area contributed by atoms with Gasteiger partial charge in [0, 0.05) is 10.5 Å². The van der Waals surface area contributed by atoms with Crippen molar-refractivity contribution in [2.45, 2.75) is 51.7 Å². The summed E-state index contributed by atoms with van der Waals surface area (Å²) in [4.78, 5) is 0. The van der Waals surface area contributed by atoms with Gasteiger partial charge in [0.2, 0.25) is 0 Å². The van der Waals surface area contributed by atoms with Crippen molar-refractivity contribution in [3.63, 3.8) is 0 Å². The molecule has 0 aliphatic heterocycles. The fraction of sp³-hybridized carbons (Fsp3) is 1.00. The average molecular weight is 192 g/mol. The van der Waals surface area contributed by atoms with Crippen molar-refractivity contribution in [3.05, 3.63) is 0 Å². The minimum atomic E-state index is 0.427. The highest BCUT2D eigenvalue weighted by Crippen LogP contribution is 2.35. The Bertz CT molecular complexity index is 84.1. The van der Waals surface area contributed by atoms with Gasteiger partial charge in [-0.05, 0) is 6.42 Å². The summed E-state index contributed by atoms with van der Waals surface area (Å²) in [6.45, 7) is 9.06. The van der Waals surface area contributed by atoms with Gasteiger partial charge in [0.05, 0.1) is 0 Å². The number of hydrogen-bond donors (Lipinski definition) is 0. The molecule has 0 unspecified atom stereocenters. The quantitative estimate of drug-likeness (QED) is 0.469. The highest BCUT2D eigenvalue weighted by atomic mass is 33.1. The van der Waals surface area contributed by atoms with Crippen LogP contribution in [0.5, 0.6) is 0 Å². The van der Waals surface area contributed by atoms with Crippen molar-refractivity contribution < 1.29 is 0 Å². The van der Waals surface area contributed by atoms with Gasteiger partial charge in [0.1, 0.15) is 0 Å². The predicted molar refractivity (Wildman–Crippen MR) is 59.3 cm³/mol. The Hall–Kier alpha value is 0.700. The lowest BCUT2D eigenvalue weighted by atomic mass is 10.3. The maximum atomic E-state index is 2.27. The van der Waals surface area contributed by atoms with Gasteiger partial charge in [-0.15, -0.1) is 0 Å². The molecule has 0 amide bonds. The predicted octanol–water partition coefficient (Wildman–Crippen LogP) is 4.36. The van der Waals surface area contributed by atoms with Crippen LogP contribution in [0.25, 0.3) is 0 Å². The summed E-state index contributed by atoms with van der Waals surface area (Å²) < 4.78 is 0.427. The molecule has 0 aromatic rings. The molecule has 11 heavy (non-hydrogen) atoms. The molecule has 0 atom stereocenters. The monoisotopic (exact) mass is 192 g/mol. The van der Waals surface area contributed by atoms with E-state index in [0.29, 0.717) is 4.75 Å². The van der Waals surface area contributed by atoms with Crippen LogP contribution in [0, 0.1) is 0 Å². The lowest BCUT2D eigenvalue weighted by Gasteiger charge is -2.15. The zero-order chi connectivity index (χ0) is 8.74. The second kappa shape index (κ2) is 6.24. The third-order valence-corrected chi connectivity index (χ3v) is 4.57. The molecule has 0 aliphatic rings. The topological polar surface area (TPSA) is 0 Å². The third kappa shape index (κ3) is 10.7. The number of unbranched alkanes of at least 4 members (excludes halogenated alkanes) is 2. The molecule has 0 saturated heterocycles. The van der Waals surface area contributed by atoms with E-state index >= 15 is 0 Å². The average Bonchev–Trinajstić information content (AvgIpc) is 1.85. The van der Waals surface area contributed by atoms with Crippen LogP contribution >= 0.6 is 21.6 Å². The number of hydrogen-bond acceptors (Lipinski definition) is 2. The maximum absolute atomic E-state index is 2.27. The fourth-order valence-corrected chi connectivity index (χ4v) is 3.05. The van der Waals surface area contributed by atoms with Crippen molar-refractivity contribution >= 4 is 21.6 Å². The normalized spacial score (nSPS) is 12.0. The third-order valence-electron chi connectivity index (χ3n) is 1.14. The van der Waals surface area contributed by atoms with Crippen molar-refractivity contribution in [1.82, 2.24) is 0 Å². The van der Waals surface area contributed by atoms with Crippen LogP contribution in [0.1, 0.15) is 47.0 Å². The highest BCUT2D eigenvalue weighted by Gasteiger charge is 2.09. The lowest BCUT2D eigenvalue weighted by Crippen LogP contribution is -2.04. The molecule has 0 aromatic heterocycles. The van der Waals surface area contributed by atoms with E-state index in [9.17, 15) is 0 Å². The van der Waals surface area contributed by atoms with Crippen molar-refractivity contribution in [3.8, 4) is 0 Å². The Morgan fingerprint density at radius 2 is 1.73 bits per heavy atom. The summed E-state index contributed by atoms with van der Waals surface area (Å²) in [6.07, 6.45) is 4.10. The van der Waals surface area contributed by atoms with Crippen LogP contribution in [-0.4, -0.2) is 10.5 Å². The summed E-state index contributed by atoms with van der Waals surface area (Å²) in [5.74, 6) is 1.32. The molecular formula is C9H20S2. The fourth-order valence-electron chi connectivity index (χ4n) is 0.629. The summed E-state index contributed by atoms with van der Waals surface area (Å²) in [6, 6.07) is 0. The molecular weight excluding hydrogens is 172 g/mol. The lowest BCUT2D eigenvalue weighted by molar-refractivity contribution is 0.779. The van der Waals surface area contributed by atoms with Crippen LogP contribution in [-0.2, 0) is 0 Å². The van der Waals surface area contributed by atoms with Gasteiger partial charge < -0.3 is 0 Å². The van der Waals surface area contributed by atoms with E-state index in [1.54, 1.807) is 0 Å². The van der Waals surface area contributed by atoms with Gasteiger partial charge in [0.25, 0.3) is 0 Å². The van der Waals surface area contributed by atoms with E-state index in [0.717, 1.165) is 0 Å². The molecule has 0 rings (SSSR count). The molecule has 0 fully saturated rings. The zero-order valence-corrected chi connectivity index (χ0v) is 9.78. The van der Waals surface area contributed by atoms with Gasteiger partial charge in [-0.3, -0.25) is 0 Å². The van der Waals surface area contributed by atoms with E-state index in [4.69, 9.17) is 0 Å². The standard InChI is InChI=1S/C9H20S2/c1-5-6-7-8-10-11-9(2,3)4/h5-8H2,1-4H3. The van der Waals surface area contributed by atoms with E-state index in [-0.39, 0.29) is 0 Å². The molecule has 68 valence electrons. The second-order valence-electron chi connectivity index (χ2n) is 3.72. The van der Waals surface area contributed by atoms with Crippen LogP contribution in [0.2, 0.25) is 0 Å². The molecule has 2 heteroatoms. The van der Waals surface area contributed by atoms with E-state index in [1.165, 1.54) is 25.0 Å². The SMILES string of the molecule is CCCCCSSC(C)(C)C. The Morgan fingerprint density at radius 3 is 2.18 bits per heavy atom. The molecule has 0 saturated carbocycles. The largest absolute Gasteiger partial charge is 0.0936 e. The molecule has 0 radical (unpaired) electrons. The van der Waals surface area contributed by atoms with E-state index in [2.05, 4.69) is 27.7 Å². The summed E-state index contributed by atoms with van der Waals surface area (Å²) in [5, 5.41) is 0. The first-order valence-electron chi connectivity index (χ1n) is 4.37. The molecule has 0 spiro atoms. The first-order chi connectivity index (χ1) is 5.06. The van der Waals surface area contributed by atoms with Gasteiger partial charge in [0.15, 0.2) is 0 Å². The summed E-state index contributed by atoms with van der Waals surface area (Å²) in [5.41, 5.74) is 0. The van der Waals surface area contributed by atoms with Crippen molar-refractivity contribution in [1.29, 1.82) is 0 Å². The molecule has 0 nitrogen and oxygen atoms in total. The molecule has 0 aliphatic carbocycles. The van der Waals surface area contributed by atoms with Crippen LogP contribution < -0.4 is 0 Å². The van der Waals surface area contributed by atoms with E-state index in [1.807, 2.05) is 21.6 Å². The van der Waals surface area contributed by atoms with Crippen molar-refractivity contribution in [2.24, 2.45) is 0 Å². The molecule has 0 bridgehead atoms. The first kappa shape index (κ1) is 11.7. The maximum Gasteiger partial charge on any atom is 0.0179 e. The van der Waals surface area contributed by atoms with Gasteiger partial charge >= 0.3 is 0 Å². The molecule has 0 N–H and O–H groups in total. The molecule has 0 heterocycles. The summed E-state index contributed by atoms with van der Waals surface area (Å²) >= 11 is 0. The minimum absolute atomic E-state index is 0.427. The highest BCUT2D eigenvalue weighted by molar-refractivity contribution is 8.77. The minimum Gasteiger partial charge on any atom is -0.0936 e.